The summed E-state index contributed by atoms with van der Waals surface area (Å²) in [4.78, 5) is 23.1. The second-order valence-corrected chi connectivity index (χ2v) is 3.83. The van der Waals surface area contributed by atoms with Gasteiger partial charge in [0.05, 0.1) is 6.42 Å². The van der Waals surface area contributed by atoms with Crippen molar-refractivity contribution in [2.75, 3.05) is 13.1 Å². The Morgan fingerprint density at radius 1 is 1.38 bits per heavy atom. The summed E-state index contributed by atoms with van der Waals surface area (Å²) in [6.45, 7) is 7.92. The van der Waals surface area contributed by atoms with Gasteiger partial charge in [0.1, 0.15) is 6.04 Å². The van der Waals surface area contributed by atoms with Crippen LogP contribution < -0.4 is 0 Å². The van der Waals surface area contributed by atoms with Gasteiger partial charge in [0.2, 0.25) is 0 Å². The van der Waals surface area contributed by atoms with Crippen LogP contribution in [0.25, 0.3) is 0 Å². The summed E-state index contributed by atoms with van der Waals surface area (Å²) < 4.78 is 0. The molecule has 5 heteroatoms. The van der Waals surface area contributed by atoms with Crippen molar-refractivity contribution in [3.63, 3.8) is 0 Å². The van der Waals surface area contributed by atoms with E-state index in [1.54, 1.807) is 18.7 Å². The molecule has 0 heterocycles. The fourth-order valence-corrected chi connectivity index (χ4v) is 1.52. The van der Waals surface area contributed by atoms with Gasteiger partial charge >= 0.3 is 11.9 Å². The zero-order valence-electron chi connectivity index (χ0n) is 9.77. The Kier molecular flexibility index (Phi) is 6.41. The van der Waals surface area contributed by atoms with Crippen LogP contribution >= 0.6 is 0 Å². The van der Waals surface area contributed by atoms with Gasteiger partial charge in [0, 0.05) is 13.1 Å². The average molecular weight is 229 g/mol. The molecule has 0 aliphatic rings. The predicted molar refractivity (Wildman–Crippen MR) is 60.4 cm³/mol. The molecule has 5 nitrogen and oxygen atoms in total. The standard InChI is InChI=1S/C11H19NO4/c1-4-9(11(15)16)12(7-8(2)3)6-5-10(13)14/h9H,2,4-7H2,1,3H3,(H,13,14)(H,15,16). The number of hydrogen-bond acceptors (Lipinski definition) is 3. The molecule has 0 aliphatic carbocycles. The minimum absolute atomic E-state index is 0.0585. The Morgan fingerprint density at radius 3 is 2.25 bits per heavy atom. The third kappa shape index (κ3) is 5.50. The summed E-state index contributed by atoms with van der Waals surface area (Å²) >= 11 is 0. The van der Waals surface area contributed by atoms with Gasteiger partial charge in [0.25, 0.3) is 0 Å². The van der Waals surface area contributed by atoms with Crippen molar-refractivity contribution < 1.29 is 19.8 Å². The van der Waals surface area contributed by atoms with Crippen molar-refractivity contribution in [1.29, 1.82) is 0 Å². The van der Waals surface area contributed by atoms with E-state index >= 15 is 0 Å². The van der Waals surface area contributed by atoms with Gasteiger partial charge in [-0.05, 0) is 13.3 Å². The summed E-state index contributed by atoms with van der Waals surface area (Å²) in [5.41, 5.74) is 0.824. The fraction of sp³-hybridized carbons (Fsp3) is 0.636. The van der Waals surface area contributed by atoms with Crippen molar-refractivity contribution in [2.24, 2.45) is 0 Å². The van der Waals surface area contributed by atoms with Gasteiger partial charge in [-0.1, -0.05) is 19.1 Å². The highest BCUT2D eigenvalue weighted by Gasteiger charge is 2.23. The van der Waals surface area contributed by atoms with E-state index in [-0.39, 0.29) is 13.0 Å². The van der Waals surface area contributed by atoms with E-state index < -0.39 is 18.0 Å². The Labute approximate surface area is 95.4 Å². The highest BCUT2D eigenvalue weighted by molar-refractivity contribution is 5.73. The summed E-state index contributed by atoms with van der Waals surface area (Å²) in [6.07, 6.45) is 0.388. The number of carboxylic acid groups (broad SMARTS) is 2. The first-order chi connectivity index (χ1) is 7.38. The normalized spacial score (nSPS) is 12.4. The van der Waals surface area contributed by atoms with Gasteiger partial charge < -0.3 is 10.2 Å². The second-order valence-electron chi connectivity index (χ2n) is 3.83. The third-order valence-electron chi connectivity index (χ3n) is 2.20. The maximum Gasteiger partial charge on any atom is 0.320 e. The monoisotopic (exact) mass is 229 g/mol. The van der Waals surface area contributed by atoms with Crippen molar-refractivity contribution in [3.8, 4) is 0 Å². The Hall–Kier alpha value is -1.36. The van der Waals surface area contributed by atoms with Crippen molar-refractivity contribution >= 4 is 11.9 Å². The van der Waals surface area contributed by atoms with E-state index in [1.807, 2.05) is 0 Å². The number of nitrogens with zero attached hydrogens (tertiary/aromatic N) is 1. The van der Waals surface area contributed by atoms with E-state index in [4.69, 9.17) is 10.2 Å². The molecule has 1 atom stereocenters. The van der Waals surface area contributed by atoms with Crippen LogP contribution in [0.2, 0.25) is 0 Å². The van der Waals surface area contributed by atoms with E-state index in [2.05, 4.69) is 6.58 Å². The first-order valence-corrected chi connectivity index (χ1v) is 5.21. The van der Waals surface area contributed by atoms with Crippen LogP contribution in [-0.2, 0) is 9.59 Å². The van der Waals surface area contributed by atoms with E-state index in [0.29, 0.717) is 13.0 Å². The molecule has 0 amide bonds. The molecule has 0 aromatic carbocycles. The lowest BCUT2D eigenvalue weighted by atomic mass is 10.1. The largest absolute Gasteiger partial charge is 0.481 e. The molecule has 0 radical (unpaired) electrons. The molecule has 92 valence electrons. The molecule has 0 spiro atoms. The van der Waals surface area contributed by atoms with Crippen molar-refractivity contribution in [3.05, 3.63) is 12.2 Å². The fourth-order valence-electron chi connectivity index (χ4n) is 1.52. The molecule has 0 saturated carbocycles. The summed E-state index contributed by atoms with van der Waals surface area (Å²) in [6, 6.07) is -0.643. The molecule has 0 bridgehead atoms. The molecular formula is C11H19NO4. The van der Waals surface area contributed by atoms with Crippen LogP contribution in [0.3, 0.4) is 0 Å². The topological polar surface area (TPSA) is 77.8 Å². The smallest absolute Gasteiger partial charge is 0.320 e. The predicted octanol–water partition coefficient (Wildman–Crippen LogP) is 1.20. The minimum atomic E-state index is -0.924. The zero-order chi connectivity index (χ0) is 12.7. The van der Waals surface area contributed by atoms with E-state index in [9.17, 15) is 9.59 Å². The van der Waals surface area contributed by atoms with Crippen LogP contribution in [0.5, 0.6) is 0 Å². The van der Waals surface area contributed by atoms with Crippen LogP contribution in [0.4, 0.5) is 0 Å². The van der Waals surface area contributed by atoms with E-state index in [0.717, 1.165) is 5.57 Å². The highest BCUT2D eigenvalue weighted by Crippen LogP contribution is 2.08. The van der Waals surface area contributed by atoms with Gasteiger partial charge in [-0.15, -0.1) is 0 Å². The third-order valence-corrected chi connectivity index (χ3v) is 2.20. The maximum atomic E-state index is 11.0. The molecule has 16 heavy (non-hydrogen) atoms. The lowest BCUT2D eigenvalue weighted by molar-refractivity contribution is -0.145. The first-order valence-electron chi connectivity index (χ1n) is 5.21. The van der Waals surface area contributed by atoms with Crippen LogP contribution in [0, 0.1) is 0 Å². The number of carbonyl (C=O) groups is 2. The number of aliphatic carboxylic acids is 2. The molecule has 0 rings (SSSR count). The maximum absolute atomic E-state index is 11.0. The number of carboxylic acids is 2. The zero-order valence-corrected chi connectivity index (χ0v) is 9.77. The minimum Gasteiger partial charge on any atom is -0.481 e. The van der Waals surface area contributed by atoms with E-state index in [1.165, 1.54) is 0 Å². The summed E-state index contributed by atoms with van der Waals surface area (Å²) in [5, 5.41) is 17.6. The molecule has 1 unspecified atom stereocenters. The number of rotatable bonds is 8. The van der Waals surface area contributed by atoms with Gasteiger partial charge in [-0.2, -0.15) is 0 Å². The molecule has 0 aliphatic heterocycles. The summed E-state index contributed by atoms with van der Waals surface area (Å²) in [7, 11) is 0. The van der Waals surface area contributed by atoms with Gasteiger partial charge in [-0.25, -0.2) is 0 Å². The lowest BCUT2D eigenvalue weighted by Crippen LogP contribution is -2.42. The molecule has 0 aromatic heterocycles. The Balaban J connectivity index is 4.55. The average Bonchev–Trinajstić information content (AvgIpc) is 2.13. The molecule has 0 saturated heterocycles. The lowest BCUT2D eigenvalue weighted by Gasteiger charge is -2.27. The Bertz CT molecular complexity index is 275. The van der Waals surface area contributed by atoms with Gasteiger partial charge in [-0.3, -0.25) is 14.5 Å². The quantitative estimate of drug-likeness (QED) is 0.611. The molecule has 0 aromatic rings. The first kappa shape index (κ1) is 14.6. The van der Waals surface area contributed by atoms with Crippen LogP contribution in [0.1, 0.15) is 26.7 Å². The molecular weight excluding hydrogens is 210 g/mol. The molecule has 0 fully saturated rings. The van der Waals surface area contributed by atoms with Gasteiger partial charge in [0.15, 0.2) is 0 Å². The molecule has 2 N–H and O–H groups in total. The van der Waals surface area contributed by atoms with Crippen molar-refractivity contribution in [1.82, 2.24) is 4.90 Å². The Morgan fingerprint density at radius 2 is 1.94 bits per heavy atom. The highest BCUT2D eigenvalue weighted by atomic mass is 16.4. The van der Waals surface area contributed by atoms with Crippen molar-refractivity contribution in [2.45, 2.75) is 32.7 Å². The SMILES string of the molecule is C=C(C)CN(CCC(=O)O)C(CC)C(=O)O. The number of hydrogen-bond donors (Lipinski definition) is 2. The van der Waals surface area contributed by atoms with Crippen LogP contribution in [-0.4, -0.2) is 46.2 Å². The second kappa shape index (κ2) is 7.00. The van der Waals surface area contributed by atoms with Crippen LogP contribution in [0.15, 0.2) is 12.2 Å². The summed E-state index contributed by atoms with van der Waals surface area (Å²) in [5.74, 6) is -1.85.